The van der Waals surface area contributed by atoms with E-state index in [1.807, 2.05) is 0 Å². The molecule has 13 heteroatoms. The Labute approximate surface area is 237 Å². The van der Waals surface area contributed by atoms with E-state index in [1.54, 1.807) is 36.7 Å². The van der Waals surface area contributed by atoms with Crippen molar-refractivity contribution >= 4 is 28.8 Å². The van der Waals surface area contributed by atoms with E-state index in [0.29, 0.717) is 38.9 Å². The van der Waals surface area contributed by atoms with Crippen molar-refractivity contribution in [1.82, 2.24) is 19.2 Å². The molecule has 5 rings (SSSR count). The Morgan fingerprint density at radius 1 is 1.24 bits per heavy atom. The van der Waals surface area contributed by atoms with E-state index < -0.39 is 42.3 Å². The Morgan fingerprint density at radius 3 is 2.76 bits per heavy atom. The molecule has 1 aromatic carbocycles. The van der Waals surface area contributed by atoms with Gasteiger partial charge in [0, 0.05) is 48.1 Å². The van der Waals surface area contributed by atoms with Crippen molar-refractivity contribution in [3.05, 3.63) is 75.6 Å². The van der Waals surface area contributed by atoms with Gasteiger partial charge in [-0.1, -0.05) is 17.7 Å². The predicted octanol–water partition coefficient (Wildman–Crippen LogP) is 5.24. The number of hydrogen-bond acceptors (Lipinski definition) is 6. The van der Waals surface area contributed by atoms with Crippen LogP contribution in [-0.4, -0.2) is 51.1 Å². The summed E-state index contributed by atoms with van der Waals surface area (Å²) in [6, 6.07) is 8.02. The summed E-state index contributed by atoms with van der Waals surface area (Å²) >= 11 is 6.19. The molecule has 0 fully saturated rings. The maximum absolute atomic E-state index is 13.8. The van der Waals surface area contributed by atoms with Crippen molar-refractivity contribution in [3.63, 3.8) is 0 Å². The van der Waals surface area contributed by atoms with Crippen LogP contribution in [0, 0.1) is 12.8 Å². The lowest BCUT2D eigenvalue weighted by molar-refractivity contribution is -0.181. The fourth-order valence-corrected chi connectivity index (χ4v) is 5.03. The van der Waals surface area contributed by atoms with Crippen molar-refractivity contribution in [2.24, 2.45) is 5.92 Å². The van der Waals surface area contributed by atoms with Crippen LogP contribution >= 0.6 is 11.6 Å². The smallest absolute Gasteiger partial charge is 0.395 e. The van der Waals surface area contributed by atoms with E-state index in [-0.39, 0.29) is 18.6 Å². The van der Waals surface area contributed by atoms with E-state index in [2.05, 4.69) is 15.4 Å². The second-order valence-corrected chi connectivity index (χ2v) is 10.5. The van der Waals surface area contributed by atoms with Crippen molar-refractivity contribution in [1.29, 1.82) is 0 Å². The second-order valence-electron chi connectivity index (χ2n) is 10.0. The van der Waals surface area contributed by atoms with Gasteiger partial charge in [0.25, 0.3) is 5.56 Å². The number of hydrogen-bond donors (Lipinski definition) is 1. The largest absolute Gasteiger partial charge is 0.491 e. The lowest BCUT2D eigenvalue weighted by atomic mass is 9.91. The Bertz CT molecular complexity index is 1670. The number of aromatic nitrogens is 4. The molecule has 216 valence electrons. The molecule has 0 unspecified atom stereocenters. The van der Waals surface area contributed by atoms with Crippen molar-refractivity contribution in [2.75, 3.05) is 19.0 Å². The van der Waals surface area contributed by atoms with Crippen LogP contribution in [0.3, 0.4) is 0 Å². The van der Waals surface area contributed by atoms with Crippen LogP contribution in [0.15, 0.2) is 53.6 Å². The number of anilines is 1. The molecular formula is C28H27ClF3N5O4. The second kappa shape index (κ2) is 11.2. The monoisotopic (exact) mass is 589 g/mol. The van der Waals surface area contributed by atoms with Crippen LogP contribution < -0.4 is 15.6 Å². The summed E-state index contributed by atoms with van der Waals surface area (Å²) in [5, 5.41) is 7.32. The molecule has 1 N–H and O–H groups in total. The van der Waals surface area contributed by atoms with Gasteiger partial charge in [-0.3, -0.25) is 14.2 Å². The lowest BCUT2D eigenvalue weighted by Crippen LogP contribution is -2.36. The molecule has 4 heterocycles. The Hall–Kier alpha value is -3.90. The summed E-state index contributed by atoms with van der Waals surface area (Å²) in [6.07, 6.45) is -2.24. The molecule has 9 nitrogen and oxygen atoms in total. The van der Waals surface area contributed by atoms with E-state index in [1.165, 1.54) is 37.6 Å². The fourth-order valence-electron chi connectivity index (χ4n) is 4.85. The third-order valence-corrected chi connectivity index (χ3v) is 7.32. The number of carbonyl (C=O) groups is 1. The molecule has 3 aromatic heterocycles. The van der Waals surface area contributed by atoms with Gasteiger partial charge in [0.05, 0.1) is 18.2 Å². The lowest BCUT2D eigenvalue weighted by Gasteiger charge is -2.28. The summed E-state index contributed by atoms with van der Waals surface area (Å²) in [7, 11) is 1.48. The molecule has 1 aliphatic heterocycles. The first kappa shape index (κ1) is 28.6. The van der Waals surface area contributed by atoms with Gasteiger partial charge in [-0.15, -0.1) is 0 Å². The summed E-state index contributed by atoms with van der Waals surface area (Å²) in [4.78, 5) is 31.4. The van der Waals surface area contributed by atoms with E-state index in [0.717, 1.165) is 4.57 Å². The van der Waals surface area contributed by atoms with Gasteiger partial charge < -0.3 is 14.8 Å². The Balaban J connectivity index is 1.56. The molecule has 41 heavy (non-hydrogen) atoms. The minimum absolute atomic E-state index is 0.0327. The number of nitrogens with zero attached hydrogens (tertiary/aromatic N) is 4. The van der Waals surface area contributed by atoms with Gasteiger partial charge in [0.15, 0.2) is 5.65 Å². The van der Waals surface area contributed by atoms with Crippen molar-refractivity contribution < 1.29 is 27.4 Å². The molecular weight excluding hydrogens is 563 g/mol. The third-order valence-electron chi connectivity index (χ3n) is 7.08. The van der Waals surface area contributed by atoms with Crippen LogP contribution in [-0.2, 0) is 16.0 Å². The zero-order valence-electron chi connectivity index (χ0n) is 22.4. The number of halogens is 4. The van der Waals surface area contributed by atoms with Crippen LogP contribution in [0.4, 0.5) is 18.9 Å². The van der Waals surface area contributed by atoms with Gasteiger partial charge in [-0.2, -0.15) is 18.3 Å². The fraction of sp³-hybridized carbons (Fsp3) is 0.357. The highest BCUT2D eigenvalue weighted by atomic mass is 35.5. The van der Waals surface area contributed by atoms with E-state index >= 15 is 0 Å². The average Bonchev–Trinajstić information content (AvgIpc) is 3.28. The highest BCUT2D eigenvalue weighted by molar-refractivity contribution is 6.30. The minimum Gasteiger partial charge on any atom is -0.491 e. The first-order valence-electron chi connectivity index (χ1n) is 12.8. The molecule has 3 atom stereocenters. The summed E-state index contributed by atoms with van der Waals surface area (Å²) in [5.41, 5.74) is 1.46. The normalized spacial score (nSPS) is 16.6. The zero-order valence-corrected chi connectivity index (χ0v) is 23.2. The molecule has 1 aliphatic rings. The number of carbonyl (C=O) groups excluding carboxylic acids is 1. The number of nitrogens with one attached hydrogen (secondary N) is 1. The number of amides is 1. The van der Waals surface area contributed by atoms with Crippen LogP contribution in [0.5, 0.6) is 5.75 Å². The average molecular weight is 590 g/mol. The number of ether oxygens (including phenoxy) is 2. The maximum Gasteiger partial charge on any atom is 0.395 e. The highest BCUT2D eigenvalue weighted by Crippen LogP contribution is 2.40. The van der Waals surface area contributed by atoms with Gasteiger partial charge in [-0.25, -0.2) is 9.50 Å². The Morgan fingerprint density at radius 2 is 2.02 bits per heavy atom. The quantitative estimate of drug-likeness (QED) is 0.330. The molecule has 0 bridgehead atoms. The highest BCUT2D eigenvalue weighted by Gasteiger charge is 2.41. The van der Waals surface area contributed by atoms with Gasteiger partial charge in [0.1, 0.15) is 24.2 Å². The molecule has 0 saturated heterocycles. The summed E-state index contributed by atoms with van der Waals surface area (Å²) in [6.45, 7) is 2.83. The van der Waals surface area contributed by atoms with Crippen molar-refractivity contribution in [3.8, 4) is 16.9 Å². The number of alkyl halides is 3. The predicted molar refractivity (Wildman–Crippen MR) is 146 cm³/mol. The van der Waals surface area contributed by atoms with Crippen LogP contribution in [0.1, 0.15) is 30.8 Å². The number of benzene rings is 1. The standard InChI is InChI=1S/C28H27ClF3N5O4/c1-15(40-3)8-23(27(39)34-20-6-7-37-25(11-20)33-16(2)35-37)36-13-24-22(12-26(36)38)21-10-19(29)5-4-17(21)9-18(14-41-24)28(30,31)32/h4-7,10-13,15,18,23H,8-9,14H2,1-3H3,(H,34,39)/t15-,18+,23-/m0/s1. The van der Waals surface area contributed by atoms with E-state index in [4.69, 9.17) is 21.1 Å². The molecule has 0 aliphatic carbocycles. The molecule has 0 spiro atoms. The number of methoxy groups -OCH3 is 1. The zero-order chi connectivity index (χ0) is 29.5. The number of fused-ring (bicyclic) bond motifs is 4. The van der Waals surface area contributed by atoms with Crippen molar-refractivity contribution in [2.45, 2.75) is 45.0 Å². The molecule has 0 radical (unpaired) electrons. The SMILES string of the molecule is CO[C@@H](C)C[C@@H](C(=O)Nc1ccn2nc(C)nc2c1)n1cc2c(cc1=O)-c1cc(Cl)ccc1C[C@@H](C(F)(F)F)CO2. The topological polar surface area (TPSA) is 99.7 Å². The van der Waals surface area contributed by atoms with Crippen LogP contribution in [0.2, 0.25) is 5.02 Å². The summed E-state index contributed by atoms with van der Waals surface area (Å²) in [5.74, 6) is -1.72. The van der Waals surface area contributed by atoms with Gasteiger partial charge in [0.2, 0.25) is 5.91 Å². The van der Waals surface area contributed by atoms with Gasteiger partial charge >= 0.3 is 6.18 Å². The van der Waals surface area contributed by atoms with Crippen LogP contribution in [0.25, 0.3) is 16.8 Å². The number of pyridine rings is 2. The maximum atomic E-state index is 13.8. The number of rotatable bonds is 6. The van der Waals surface area contributed by atoms with E-state index in [9.17, 15) is 22.8 Å². The molecule has 4 aromatic rings. The van der Waals surface area contributed by atoms with Gasteiger partial charge in [-0.05, 0) is 49.6 Å². The Kier molecular flexibility index (Phi) is 7.80. The summed E-state index contributed by atoms with van der Waals surface area (Å²) < 4.78 is 55.3. The first-order chi connectivity index (χ1) is 19.4. The first-order valence-corrected chi connectivity index (χ1v) is 13.2. The minimum atomic E-state index is -4.51. The molecule has 0 saturated carbocycles. The third kappa shape index (κ3) is 6.08. The number of aryl methyl sites for hydroxylation is 1. The molecule has 1 amide bonds.